The lowest BCUT2D eigenvalue weighted by atomic mass is 9.42. The number of methoxy groups -OCH3 is 1. The molecule has 0 amide bonds. The summed E-state index contributed by atoms with van der Waals surface area (Å²) in [5.74, 6) is -1.42. The second kappa shape index (κ2) is 9.36. The molecule has 0 bridgehead atoms. The summed E-state index contributed by atoms with van der Waals surface area (Å²) in [5.41, 5.74) is -1.46. The van der Waals surface area contributed by atoms with Crippen LogP contribution in [0.15, 0.2) is 11.1 Å². The van der Waals surface area contributed by atoms with Gasteiger partial charge in [-0.3, -0.25) is 19.2 Å². The summed E-state index contributed by atoms with van der Waals surface area (Å²) >= 11 is 0. The first kappa shape index (κ1) is 29.1. The Kier molecular flexibility index (Phi) is 7.18. The van der Waals surface area contributed by atoms with Crippen LogP contribution in [-0.4, -0.2) is 52.8 Å². The van der Waals surface area contributed by atoms with Crippen molar-refractivity contribution in [1.82, 2.24) is 0 Å². The monoisotopic (exact) mass is 530 g/mol. The van der Waals surface area contributed by atoms with Crippen LogP contribution in [0.5, 0.6) is 0 Å². The van der Waals surface area contributed by atoms with Crippen molar-refractivity contribution in [1.29, 1.82) is 0 Å². The van der Waals surface area contributed by atoms with Crippen LogP contribution in [0.2, 0.25) is 0 Å². The Hall–Kier alpha value is -1.86. The van der Waals surface area contributed by atoms with E-state index < -0.39 is 45.8 Å². The maximum absolute atomic E-state index is 14.1. The fourth-order valence-corrected chi connectivity index (χ4v) is 9.31. The van der Waals surface area contributed by atoms with Crippen LogP contribution < -0.4 is 0 Å². The van der Waals surface area contributed by atoms with Gasteiger partial charge >= 0.3 is 5.97 Å². The molecule has 0 heterocycles. The molecule has 0 radical (unpaired) electrons. The van der Waals surface area contributed by atoms with Crippen LogP contribution in [0.1, 0.15) is 93.4 Å². The zero-order valence-corrected chi connectivity index (χ0v) is 24.3. The topological polar surface area (TPSA) is 118 Å². The highest BCUT2D eigenvalue weighted by Crippen LogP contribution is 2.70. The largest absolute Gasteiger partial charge is 0.469 e. The molecule has 4 aliphatic rings. The number of rotatable bonds is 6. The Balaban J connectivity index is 1.71. The minimum Gasteiger partial charge on any atom is -0.469 e. The van der Waals surface area contributed by atoms with Gasteiger partial charge in [-0.1, -0.05) is 41.5 Å². The standard InChI is InChI=1S/C31H46O7/c1-16(11-18(32)12-17(2)27(37)38-8)19-13-24(36)31(7)26-20(33)14-22-28(3,4)23(35)9-10-29(22,5)25(26)21(34)15-30(19,31)6/h16-17,19-20,22-23,33,35H,9-15H2,1-8H3/t16-,17?,19-,20+,22+,23+,29+,30-,31+/m1/s1. The van der Waals surface area contributed by atoms with Crippen LogP contribution in [0, 0.1) is 45.3 Å². The fourth-order valence-electron chi connectivity index (χ4n) is 9.31. The molecular weight excluding hydrogens is 484 g/mol. The number of allylic oxidation sites excluding steroid dienone is 1. The summed E-state index contributed by atoms with van der Waals surface area (Å²) in [6.45, 7) is 13.7. The Morgan fingerprint density at radius 1 is 1.05 bits per heavy atom. The first-order valence-electron chi connectivity index (χ1n) is 14.2. The molecule has 2 fully saturated rings. The van der Waals surface area contributed by atoms with Crippen LogP contribution >= 0.6 is 0 Å². The van der Waals surface area contributed by atoms with E-state index in [-0.39, 0.29) is 60.8 Å². The zero-order valence-electron chi connectivity index (χ0n) is 24.3. The van der Waals surface area contributed by atoms with E-state index in [1.54, 1.807) is 6.92 Å². The molecule has 0 aliphatic heterocycles. The Bertz CT molecular complexity index is 1090. The second-order valence-corrected chi connectivity index (χ2v) is 14.1. The molecule has 0 aromatic heterocycles. The molecule has 0 aromatic carbocycles. The number of hydrogen-bond donors (Lipinski definition) is 2. The molecule has 2 saturated carbocycles. The van der Waals surface area contributed by atoms with Crippen molar-refractivity contribution in [3.05, 3.63) is 11.1 Å². The number of carbonyl (C=O) groups excluding carboxylic acids is 4. The van der Waals surface area contributed by atoms with Crippen LogP contribution in [0.3, 0.4) is 0 Å². The van der Waals surface area contributed by atoms with Gasteiger partial charge < -0.3 is 14.9 Å². The van der Waals surface area contributed by atoms with Crippen molar-refractivity contribution >= 4 is 23.3 Å². The molecule has 7 nitrogen and oxygen atoms in total. The molecule has 0 aromatic rings. The van der Waals surface area contributed by atoms with Crippen LogP contribution in [-0.2, 0) is 23.9 Å². The Morgan fingerprint density at radius 2 is 1.68 bits per heavy atom. The van der Waals surface area contributed by atoms with E-state index in [1.807, 2.05) is 34.6 Å². The number of hydrogen-bond acceptors (Lipinski definition) is 7. The molecule has 7 heteroatoms. The fraction of sp³-hybridized carbons (Fsp3) is 0.806. The number of esters is 1. The van der Waals surface area contributed by atoms with Gasteiger partial charge in [-0.05, 0) is 65.8 Å². The molecule has 0 saturated heterocycles. The van der Waals surface area contributed by atoms with Gasteiger partial charge in [0, 0.05) is 31.3 Å². The van der Waals surface area contributed by atoms with Gasteiger partial charge in [0.1, 0.15) is 11.6 Å². The molecule has 4 rings (SSSR count). The first-order chi connectivity index (χ1) is 17.5. The average Bonchev–Trinajstić information content (AvgIpc) is 3.03. The quantitative estimate of drug-likeness (QED) is 0.494. The third kappa shape index (κ3) is 3.89. The van der Waals surface area contributed by atoms with Crippen molar-refractivity contribution in [2.45, 2.75) is 106 Å². The number of ketones is 3. The highest BCUT2D eigenvalue weighted by Gasteiger charge is 2.70. The third-order valence-electron chi connectivity index (χ3n) is 11.7. The normalized spacial score (nSPS) is 41.6. The van der Waals surface area contributed by atoms with Gasteiger partial charge in [0.25, 0.3) is 0 Å². The van der Waals surface area contributed by atoms with E-state index in [2.05, 4.69) is 6.92 Å². The van der Waals surface area contributed by atoms with E-state index in [0.29, 0.717) is 30.4 Å². The number of aliphatic hydroxyl groups excluding tert-OH is 2. The van der Waals surface area contributed by atoms with E-state index in [0.717, 1.165) is 0 Å². The highest BCUT2D eigenvalue weighted by molar-refractivity contribution is 6.05. The number of ether oxygens (including phenoxy) is 1. The molecule has 9 atom stereocenters. The van der Waals surface area contributed by atoms with Crippen molar-refractivity contribution in [2.24, 2.45) is 45.3 Å². The minimum absolute atomic E-state index is 0.00375. The smallest absolute Gasteiger partial charge is 0.308 e. The molecular formula is C31H46O7. The second-order valence-electron chi connectivity index (χ2n) is 14.1. The maximum atomic E-state index is 14.1. The van der Waals surface area contributed by atoms with Gasteiger partial charge in [0.2, 0.25) is 0 Å². The minimum atomic E-state index is -0.995. The summed E-state index contributed by atoms with van der Waals surface area (Å²) in [5, 5.41) is 22.4. The van der Waals surface area contributed by atoms with Crippen molar-refractivity contribution < 1.29 is 34.1 Å². The third-order valence-corrected chi connectivity index (χ3v) is 11.7. The Labute approximate surface area is 226 Å². The first-order valence-corrected chi connectivity index (χ1v) is 14.2. The van der Waals surface area contributed by atoms with E-state index in [9.17, 15) is 29.4 Å². The van der Waals surface area contributed by atoms with Gasteiger partial charge in [-0.15, -0.1) is 0 Å². The summed E-state index contributed by atoms with van der Waals surface area (Å²) < 4.78 is 4.75. The number of carbonyl (C=O) groups is 4. The maximum Gasteiger partial charge on any atom is 0.308 e. The molecule has 0 spiro atoms. The summed E-state index contributed by atoms with van der Waals surface area (Å²) in [6, 6.07) is 0. The summed E-state index contributed by atoms with van der Waals surface area (Å²) in [6.07, 6.45) is 0.966. The molecule has 212 valence electrons. The molecule has 38 heavy (non-hydrogen) atoms. The van der Waals surface area contributed by atoms with Crippen molar-refractivity contribution in [3.8, 4) is 0 Å². The highest BCUT2D eigenvalue weighted by atomic mass is 16.5. The van der Waals surface area contributed by atoms with Gasteiger partial charge in [0.15, 0.2) is 5.78 Å². The Morgan fingerprint density at radius 3 is 2.29 bits per heavy atom. The summed E-state index contributed by atoms with van der Waals surface area (Å²) in [4.78, 5) is 52.7. The van der Waals surface area contributed by atoms with E-state index in [4.69, 9.17) is 4.74 Å². The molecule has 1 unspecified atom stereocenters. The molecule has 2 N–H and O–H groups in total. The van der Waals surface area contributed by atoms with Gasteiger partial charge in [0.05, 0.1) is 30.7 Å². The molecule has 4 aliphatic carbocycles. The van der Waals surface area contributed by atoms with Crippen LogP contribution in [0.25, 0.3) is 0 Å². The average molecular weight is 531 g/mol. The zero-order chi connectivity index (χ0) is 28.6. The number of aliphatic hydroxyl groups is 2. The van der Waals surface area contributed by atoms with Gasteiger partial charge in [-0.25, -0.2) is 0 Å². The lowest BCUT2D eigenvalue weighted by Gasteiger charge is -2.61. The predicted octanol–water partition coefficient (Wildman–Crippen LogP) is 4.22. The van der Waals surface area contributed by atoms with E-state index in [1.165, 1.54) is 7.11 Å². The lowest BCUT2D eigenvalue weighted by molar-refractivity contribution is -0.147. The van der Waals surface area contributed by atoms with Crippen LogP contribution in [0.4, 0.5) is 0 Å². The van der Waals surface area contributed by atoms with E-state index >= 15 is 0 Å². The van der Waals surface area contributed by atoms with Crippen molar-refractivity contribution in [2.75, 3.05) is 7.11 Å². The summed E-state index contributed by atoms with van der Waals surface area (Å²) in [7, 11) is 1.31. The SMILES string of the molecule is COC(=O)C(C)CC(=O)C[C@@H](C)[C@H]1CC(=O)[C@@]2(C)C3=C(C(=O)C[C@]12C)[C@@]1(C)CC[C@H](O)C(C)(C)[C@@H]1C[C@@H]3O. The predicted molar refractivity (Wildman–Crippen MR) is 142 cm³/mol. The van der Waals surface area contributed by atoms with Crippen molar-refractivity contribution in [3.63, 3.8) is 0 Å². The van der Waals surface area contributed by atoms with Gasteiger partial charge in [-0.2, -0.15) is 0 Å². The number of Topliss-reactive ketones (excluding diaryl/α,β-unsaturated/α-hetero) is 3. The lowest BCUT2D eigenvalue weighted by Crippen LogP contribution is -2.60. The number of fused-ring (bicyclic) bond motifs is 4.